The van der Waals surface area contributed by atoms with Gasteiger partial charge in [0.25, 0.3) is 0 Å². The maximum atomic E-state index is 12.7. The van der Waals surface area contributed by atoms with Crippen LogP contribution in [0.1, 0.15) is 28.8 Å². The first-order valence-electron chi connectivity index (χ1n) is 17.1. The molecule has 0 bridgehead atoms. The number of rotatable bonds is 20. The highest BCUT2D eigenvalue weighted by Gasteiger charge is 2.29. The molecule has 0 radical (unpaired) electrons. The Morgan fingerprint density at radius 1 is 0.796 bits per heavy atom. The zero-order valence-electron chi connectivity index (χ0n) is 29.6. The van der Waals surface area contributed by atoms with Crippen molar-refractivity contribution in [1.29, 1.82) is 0 Å². The quantitative estimate of drug-likeness (QED) is 0.0361. The highest BCUT2D eigenvalue weighted by atomic mass is 32.1. The van der Waals surface area contributed by atoms with Gasteiger partial charge in [0.1, 0.15) is 24.7 Å². The molecular formula is C35H46N6O12S. The molecule has 1 heterocycles. The monoisotopic (exact) mass is 774 g/mol. The molecular weight excluding hydrogens is 728 g/mol. The Labute approximate surface area is 317 Å². The van der Waals surface area contributed by atoms with Crippen molar-refractivity contribution >= 4 is 59.3 Å². The molecule has 1 fully saturated rings. The van der Waals surface area contributed by atoms with E-state index in [9.17, 15) is 44.1 Å². The minimum atomic E-state index is -1.12. The van der Waals surface area contributed by atoms with Crippen LogP contribution in [0.2, 0.25) is 0 Å². The molecule has 18 nitrogen and oxygen atoms in total. The van der Waals surface area contributed by atoms with Gasteiger partial charge in [-0.3, -0.25) is 38.7 Å². The molecule has 0 spiro atoms. The molecule has 1 atom stereocenters. The smallest absolute Gasteiger partial charge is 0.480 e. The van der Waals surface area contributed by atoms with Crippen LogP contribution in [0.5, 0.6) is 5.75 Å². The number of thiocarbonyl (C=S) groups is 1. The number of amides is 1. The van der Waals surface area contributed by atoms with Gasteiger partial charge in [0.15, 0.2) is 5.11 Å². The van der Waals surface area contributed by atoms with E-state index >= 15 is 0 Å². The number of aliphatic carboxylic acids is 3. The topological polar surface area (TPSA) is 237 Å². The normalized spacial score (nSPS) is 14.7. The number of benzene rings is 2. The zero-order valence-corrected chi connectivity index (χ0v) is 30.5. The van der Waals surface area contributed by atoms with Gasteiger partial charge in [0, 0.05) is 70.0 Å². The van der Waals surface area contributed by atoms with E-state index in [-0.39, 0.29) is 90.1 Å². The van der Waals surface area contributed by atoms with E-state index in [0.717, 1.165) is 5.56 Å². The summed E-state index contributed by atoms with van der Waals surface area (Å²) < 4.78 is 15.4. The molecule has 1 aliphatic heterocycles. The molecule has 2 aromatic carbocycles. The van der Waals surface area contributed by atoms with Crippen LogP contribution in [0.4, 0.5) is 10.5 Å². The Balaban J connectivity index is 1.33. The number of ether oxygens (including phenoxy) is 3. The Morgan fingerprint density at radius 2 is 1.41 bits per heavy atom. The van der Waals surface area contributed by atoms with E-state index in [2.05, 4.69) is 16.0 Å². The first kappa shape index (κ1) is 43.2. The standard InChI is InChI=1S/C35H46N6O12S/c42-24-26-3-7-28(8-4-26)53-35(50)52-20-19-51-18-11-36-34(54)38-27-5-1-25(2-6-27)21-37-30(43)10-9-29(33(48)49)41-16-14-39(22-31(44)45)12-13-40(15-17-41)23-32(46)47/h1-8,24,29H,9-23H2,(H,37,43)(H,44,45)(H,46,47)(H,48,49)(H2,36,38,54). The summed E-state index contributed by atoms with van der Waals surface area (Å²) in [6, 6.07) is 12.1. The fraction of sp³-hybridized carbons (Fsp3) is 0.457. The van der Waals surface area contributed by atoms with Crippen LogP contribution in [0.3, 0.4) is 0 Å². The molecule has 19 heteroatoms. The molecule has 294 valence electrons. The van der Waals surface area contributed by atoms with Crippen LogP contribution in [-0.2, 0) is 35.2 Å². The number of anilines is 1. The number of nitrogens with one attached hydrogen (secondary N) is 3. The predicted molar refractivity (Wildman–Crippen MR) is 198 cm³/mol. The first-order chi connectivity index (χ1) is 25.9. The molecule has 0 aliphatic carbocycles. The van der Waals surface area contributed by atoms with E-state index in [0.29, 0.717) is 42.3 Å². The van der Waals surface area contributed by atoms with Crippen molar-refractivity contribution in [1.82, 2.24) is 25.3 Å². The van der Waals surface area contributed by atoms with Crippen LogP contribution in [0, 0.1) is 0 Å². The maximum Gasteiger partial charge on any atom is 0.513 e. The largest absolute Gasteiger partial charge is 0.513 e. The van der Waals surface area contributed by atoms with Crippen molar-refractivity contribution in [2.75, 3.05) is 84.0 Å². The van der Waals surface area contributed by atoms with E-state index in [1.54, 1.807) is 39.0 Å². The van der Waals surface area contributed by atoms with E-state index in [1.807, 2.05) is 0 Å². The summed E-state index contributed by atoms with van der Waals surface area (Å²) in [7, 11) is 0. The van der Waals surface area contributed by atoms with Crippen molar-refractivity contribution in [2.45, 2.75) is 25.4 Å². The number of hydrogen-bond acceptors (Lipinski definition) is 13. The van der Waals surface area contributed by atoms with Crippen molar-refractivity contribution in [3.8, 4) is 5.75 Å². The second-order valence-corrected chi connectivity index (χ2v) is 12.5. The maximum absolute atomic E-state index is 12.7. The SMILES string of the molecule is O=Cc1ccc(OC(=O)OCCOCCNC(=S)Nc2ccc(CNC(=O)CCC(C(=O)O)N3CCN(CC(=O)O)CCN(CC(=O)O)CC3)cc2)cc1. The highest BCUT2D eigenvalue weighted by Crippen LogP contribution is 2.14. The number of nitrogens with zero attached hydrogens (tertiary/aromatic N) is 3. The summed E-state index contributed by atoms with van der Waals surface area (Å²) >= 11 is 5.31. The molecule has 0 aromatic heterocycles. The number of carboxylic acid groups (broad SMARTS) is 3. The van der Waals surface area contributed by atoms with E-state index < -0.39 is 30.1 Å². The minimum Gasteiger partial charge on any atom is -0.480 e. The van der Waals surface area contributed by atoms with Crippen molar-refractivity contribution in [2.24, 2.45) is 0 Å². The van der Waals surface area contributed by atoms with Gasteiger partial charge in [-0.15, -0.1) is 0 Å². The lowest BCUT2D eigenvalue weighted by Crippen LogP contribution is -2.47. The molecule has 3 rings (SSSR count). The lowest BCUT2D eigenvalue weighted by atomic mass is 10.1. The average molecular weight is 775 g/mol. The van der Waals surface area contributed by atoms with Crippen LogP contribution >= 0.6 is 12.2 Å². The van der Waals surface area contributed by atoms with Gasteiger partial charge < -0.3 is 45.5 Å². The second-order valence-electron chi connectivity index (χ2n) is 12.1. The molecule has 54 heavy (non-hydrogen) atoms. The number of carboxylic acids is 3. The lowest BCUT2D eigenvalue weighted by molar-refractivity contribution is -0.144. The molecule has 0 saturated carbocycles. The summed E-state index contributed by atoms with van der Waals surface area (Å²) in [5.41, 5.74) is 1.96. The lowest BCUT2D eigenvalue weighted by Gasteiger charge is -2.30. The first-order valence-corrected chi connectivity index (χ1v) is 17.6. The summed E-state index contributed by atoms with van der Waals surface area (Å²) in [4.78, 5) is 75.0. The number of aldehydes is 1. The van der Waals surface area contributed by atoms with Crippen LogP contribution in [0.15, 0.2) is 48.5 Å². The fourth-order valence-electron chi connectivity index (χ4n) is 5.33. The van der Waals surface area contributed by atoms with Crippen LogP contribution in [0.25, 0.3) is 0 Å². The summed E-state index contributed by atoms with van der Waals surface area (Å²) in [5, 5.41) is 37.7. The van der Waals surface area contributed by atoms with Gasteiger partial charge in [-0.25, -0.2) is 4.79 Å². The minimum absolute atomic E-state index is 0.0140. The van der Waals surface area contributed by atoms with Gasteiger partial charge in [-0.05, 0) is 60.6 Å². The molecule has 1 unspecified atom stereocenters. The molecule has 1 saturated heterocycles. The third kappa shape index (κ3) is 17.1. The van der Waals surface area contributed by atoms with Crippen molar-refractivity contribution < 1.29 is 58.3 Å². The Hall–Kier alpha value is -5.21. The fourth-order valence-corrected chi connectivity index (χ4v) is 5.55. The van der Waals surface area contributed by atoms with Gasteiger partial charge in [-0.1, -0.05) is 12.1 Å². The third-order valence-corrected chi connectivity index (χ3v) is 8.37. The van der Waals surface area contributed by atoms with Crippen LogP contribution < -0.4 is 20.7 Å². The summed E-state index contributed by atoms with van der Waals surface area (Å²) in [6.07, 6.45) is -0.259. The second kappa shape index (κ2) is 23.5. The molecule has 1 amide bonds. The molecule has 2 aromatic rings. The number of carbonyl (C=O) groups is 6. The Kier molecular flexibility index (Phi) is 18.8. The van der Waals surface area contributed by atoms with Gasteiger partial charge in [-0.2, -0.15) is 0 Å². The Bertz CT molecular complexity index is 1530. The Morgan fingerprint density at radius 3 is 1.98 bits per heavy atom. The number of carbonyl (C=O) groups excluding carboxylic acids is 3. The summed E-state index contributed by atoms with van der Waals surface area (Å²) in [5.74, 6) is -3.28. The van der Waals surface area contributed by atoms with Gasteiger partial charge in [0.05, 0.1) is 26.3 Å². The third-order valence-electron chi connectivity index (χ3n) is 8.13. The summed E-state index contributed by atoms with van der Waals surface area (Å²) in [6.45, 7) is 2.21. The predicted octanol–water partition coefficient (Wildman–Crippen LogP) is 0.956. The van der Waals surface area contributed by atoms with E-state index in [1.165, 1.54) is 24.3 Å². The molecule has 1 aliphatic rings. The average Bonchev–Trinajstić information content (AvgIpc) is 3.21. The zero-order chi connectivity index (χ0) is 39.3. The van der Waals surface area contributed by atoms with Gasteiger partial charge in [0.2, 0.25) is 5.91 Å². The van der Waals surface area contributed by atoms with E-state index in [4.69, 9.17) is 26.4 Å². The van der Waals surface area contributed by atoms with Crippen LogP contribution in [-0.4, -0.2) is 156 Å². The molecule has 6 N–H and O–H groups in total. The van der Waals surface area contributed by atoms with Crippen molar-refractivity contribution in [3.63, 3.8) is 0 Å². The highest BCUT2D eigenvalue weighted by molar-refractivity contribution is 7.80. The van der Waals surface area contributed by atoms with Gasteiger partial charge >= 0.3 is 24.1 Å². The van der Waals surface area contributed by atoms with Crippen molar-refractivity contribution in [3.05, 3.63) is 59.7 Å². The number of hydrogen-bond donors (Lipinski definition) is 6.